The molecule has 0 spiro atoms. The van der Waals surface area contributed by atoms with Crippen molar-refractivity contribution in [3.8, 4) is 0 Å². The third kappa shape index (κ3) is 2.63. The lowest BCUT2D eigenvalue weighted by Gasteiger charge is -2.20. The lowest BCUT2D eigenvalue weighted by atomic mass is 10.1. The van der Waals surface area contributed by atoms with Crippen molar-refractivity contribution in [2.45, 2.75) is 19.1 Å². The molecule has 1 aromatic rings. The molecule has 0 saturated heterocycles. The van der Waals surface area contributed by atoms with Gasteiger partial charge in [0.25, 0.3) is 5.56 Å². The lowest BCUT2D eigenvalue weighted by molar-refractivity contribution is -0.161. The van der Waals surface area contributed by atoms with Gasteiger partial charge in [-0.05, 0) is 6.92 Å². The van der Waals surface area contributed by atoms with E-state index in [1.807, 2.05) is 0 Å². The van der Waals surface area contributed by atoms with E-state index in [-0.39, 0.29) is 12.1 Å². The first kappa shape index (κ1) is 11.4. The monoisotopic (exact) mass is 212 g/mol. The maximum absolute atomic E-state index is 11.3. The van der Waals surface area contributed by atoms with E-state index < -0.39 is 11.6 Å². The minimum atomic E-state index is -1.73. The average molecular weight is 212 g/mol. The van der Waals surface area contributed by atoms with Crippen molar-refractivity contribution in [3.05, 3.63) is 28.9 Å². The molecule has 1 unspecified atom stereocenters. The van der Waals surface area contributed by atoms with Gasteiger partial charge in [0.05, 0.1) is 20.0 Å². The van der Waals surface area contributed by atoms with Gasteiger partial charge in [-0.3, -0.25) is 9.36 Å². The van der Waals surface area contributed by atoms with Crippen LogP contribution in [-0.2, 0) is 16.1 Å². The molecule has 1 N–H and O–H groups in total. The Bertz CT molecular complexity index is 411. The summed E-state index contributed by atoms with van der Waals surface area (Å²) in [4.78, 5) is 26.1. The van der Waals surface area contributed by atoms with Crippen LogP contribution in [0.15, 0.2) is 23.4 Å². The number of ether oxygens (including phenoxy) is 1. The van der Waals surface area contributed by atoms with E-state index >= 15 is 0 Å². The maximum Gasteiger partial charge on any atom is 0.339 e. The molecule has 0 saturated carbocycles. The molecule has 0 bridgehead atoms. The number of rotatable bonds is 3. The van der Waals surface area contributed by atoms with Crippen LogP contribution >= 0.6 is 0 Å². The minimum Gasteiger partial charge on any atom is -0.467 e. The zero-order valence-corrected chi connectivity index (χ0v) is 8.51. The van der Waals surface area contributed by atoms with E-state index in [4.69, 9.17) is 0 Å². The Kier molecular flexibility index (Phi) is 3.21. The number of esters is 1. The van der Waals surface area contributed by atoms with Gasteiger partial charge >= 0.3 is 5.97 Å². The molecule has 1 rings (SSSR count). The Morgan fingerprint density at radius 2 is 2.40 bits per heavy atom. The molecule has 0 aromatic carbocycles. The van der Waals surface area contributed by atoms with Gasteiger partial charge in [-0.25, -0.2) is 9.78 Å². The summed E-state index contributed by atoms with van der Waals surface area (Å²) in [5.74, 6) is -0.793. The highest BCUT2D eigenvalue weighted by Crippen LogP contribution is 2.07. The van der Waals surface area contributed by atoms with Crippen LogP contribution in [0, 0.1) is 0 Å². The van der Waals surface area contributed by atoms with Crippen molar-refractivity contribution in [1.82, 2.24) is 9.55 Å². The molecule has 6 heteroatoms. The van der Waals surface area contributed by atoms with Gasteiger partial charge in [-0.15, -0.1) is 0 Å². The molecular formula is C9H12N2O4. The minimum absolute atomic E-state index is 0.188. The lowest BCUT2D eigenvalue weighted by Crippen LogP contribution is -2.43. The van der Waals surface area contributed by atoms with E-state index in [1.54, 1.807) is 0 Å². The van der Waals surface area contributed by atoms with Gasteiger partial charge in [0.2, 0.25) is 0 Å². The summed E-state index contributed by atoms with van der Waals surface area (Å²) in [6.07, 6.45) is 2.59. The van der Waals surface area contributed by atoms with E-state index in [2.05, 4.69) is 9.72 Å². The molecule has 0 fully saturated rings. The number of methoxy groups -OCH3 is 1. The number of hydrogen-bond donors (Lipinski definition) is 1. The molecular weight excluding hydrogens is 200 g/mol. The van der Waals surface area contributed by atoms with Crippen LogP contribution in [0.4, 0.5) is 0 Å². The van der Waals surface area contributed by atoms with Gasteiger partial charge in [0.1, 0.15) is 0 Å². The highest BCUT2D eigenvalue weighted by atomic mass is 16.5. The molecule has 1 heterocycles. The van der Waals surface area contributed by atoms with E-state index in [1.165, 1.54) is 32.6 Å². The summed E-state index contributed by atoms with van der Waals surface area (Å²) in [6.45, 7) is 1.09. The second-order valence-corrected chi connectivity index (χ2v) is 3.31. The summed E-state index contributed by atoms with van der Waals surface area (Å²) < 4.78 is 5.54. The van der Waals surface area contributed by atoms with Crippen LogP contribution < -0.4 is 5.56 Å². The van der Waals surface area contributed by atoms with Crippen LogP contribution in [0.5, 0.6) is 0 Å². The van der Waals surface area contributed by atoms with Gasteiger partial charge in [-0.2, -0.15) is 0 Å². The van der Waals surface area contributed by atoms with Crippen LogP contribution in [0.2, 0.25) is 0 Å². The standard InChI is InChI=1S/C9H12N2O4/c1-9(14,8(13)15-2)5-11-6-10-4-3-7(11)12/h3-4,6,14H,5H2,1-2H3. The SMILES string of the molecule is COC(=O)C(C)(O)Cn1cnccc1=O. The van der Waals surface area contributed by atoms with E-state index in [0.29, 0.717) is 0 Å². The second kappa shape index (κ2) is 4.22. The number of aromatic nitrogens is 2. The highest BCUT2D eigenvalue weighted by molar-refractivity contribution is 5.78. The molecule has 0 radical (unpaired) electrons. The van der Waals surface area contributed by atoms with E-state index in [0.717, 1.165) is 4.57 Å². The van der Waals surface area contributed by atoms with Crippen LogP contribution in [0.1, 0.15) is 6.92 Å². The van der Waals surface area contributed by atoms with Crippen molar-refractivity contribution in [2.75, 3.05) is 7.11 Å². The zero-order chi connectivity index (χ0) is 11.5. The molecule has 0 amide bonds. The number of carbonyl (C=O) groups is 1. The first-order valence-electron chi connectivity index (χ1n) is 4.28. The van der Waals surface area contributed by atoms with Crippen molar-refractivity contribution >= 4 is 5.97 Å². The second-order valence-electron chi connectivity index (χ2n) is 3.31. The van der Waals surface area contributed by atoms with Crippen LogP contribution in [-0.4, -0.2) is 33.3 Å². The molecule has 1 aromatic heterocycles. The smallest absolute Gasteiger partial charge is 0.339 e. The Morgan fingerprint density at radius 3 is 2.93 bits per heavy atom. The van der Waals surface area contributed by atoms with Gasteiger partial charge in [-0.1, -0.05) is 0 Å². The maximum atomic E-state index is 11.3. The fourth-order valence-corrected chi connectivity index (χ4v) is 1.11. The summed E-state index contributed by atoms with van der Waals surface area (Å²) in [5, 5.41) is 9.70. The van der Waals surface area contributed by atoms with Gasteiger partial charge < -0.3 is 9.84 Å². The molecule has 82 valence electrons. The summed E-state index contributed by atoms with van der Waals surface area (Å²) in [5.41, 5.74) is -2.07. The molecule has 6 nitrogen and oxygen atoms in total. The van der Waals surface area contributed by atoms with Crippen LogP contribution in [0.3, 0.4) is 0 Å². The number of hydrogen-bond acceptors (Lipinski definition) is 5. The summed E-state index contributed by atoms with van der Waals surface area (Å²) in [7, 11) is 1.17. The fraction of sp³-hybridized carbons (Fsp3) is 0.444. The Labute approximate surface area is 86.1 Å². The normalized spacial score (nSPS) is 14.3. The molecule has 0 aliphatic carbocycles. The van der Waals surface area contributed by atoms with Gasteiger partial charge in [0.15, 0.2) is 5.60 Å². The molecule has 15 heavy (non-hydrogen) atoms. The van der Waals surface area contributed by atoms with Gasteiger partial charge in [0, 0.05) is 12.3 Å². The van der Waals surface area contributed by atoms with Crippen molar-refractivity contribution < 1.29 is 14.6 Å². The third-order valence-corrected chi connectivity index (χ3v) is 1.90. The Balaban J connectivity index is 2.91. The topological polar surface area (TPSA) is 81.4 Å². The Hall–Kier alpha value is -1.69. The predicted octanol–water partition coefficient (Wildman–Crippen LogP) is -0.833. The van der Waals surface area contributed by atoms with E-state index in [9.17, 15) is 14.7 Å². The first-order chi connectivity index (χ1) is 6.97. The van der Waals surface area contributed by atoms with Crippen LogP contribution in [0.25, 0.3) is 0 Å². The molecule has 1 atom stereocenters. The number of nitrogens with zero attached hydrogens (tertiary/aromatic N) is 2. The fourth-order valence-electron chi connectivity index (χ4n) is 1.11. The molecule has 0 aliphatic heterocycles. The highest BCUT2D eigenvalue weighted by Gasteiger charge is 2.32. The molecule has 0 aliphatic rings. The first-order valence-corrected chi connectivity index (χ1v) is 4.28. The number of carbonyl (C=O) groups excluding carboxylic acids is 1. The third-order valence-electron chi connectivity index (χ3n) is 1.90. The Morgan fingerprint density at radius 1 is 1.73 bits per heavy atom. The quantitative estimate of drug-likeness (QED) is 0.661. The summed E-state index contributed by atoms with van der Waals surface area (Å²) in [6, 6.07) is 1.24. The van der Waals surface area contributed by atoms with Crippen molar-refractivity contribution in [1.29, 1.82) is 0 Å². The van der Waals surface area contributed by atoms with Crippen molar-refractivity contribution in [3.63, 3.8) is 0 Å². The average Bonchev–Trinajstić information content (AvgIpc) is 2.20. The predicted molar refractivity (Wildman–Crippen MR) is 51.1 cm³/mol. The summed E-state index contributed by atoms with van der Waals surface area (Å²) >= 11 is 0. The number of aliphatic hydroxyl groups is 1. The largest absolute Gasteiger partial charge is 0.467 e. The zero-order valence-electron chi connectivity index (χ0n) is 8.51. The van der Waals surface area contributed by atoms with Crippen molar-refractivity contribution in [2.24, 2.45) is 0 Å².